The lowest BCUT2D eigenvalue weighted by Gasteiger charge is -2.14. The van der Waals surface area contributed by atoms with E-state index in [9.17, 15) is 4.79 Å². The molecule has 5 heteroatoms. The molecule has 1 amide bonds. The predicted molar refractivity (Wildman–Crippen MR) is 59.5 cm³/mol. The second-order valence-electron chi connectivity index (χ2n) is 4.17. The molecule has 1 aromatic heterocycles. The molecule has 0 unspecified atom stereocenters. The topological polar surface area (TPSA) is 78.7 Å². The molecule has 1 aromatic rings. The zero-order valence-electron chi connectivity index (χ0n) is 9.83. The Kier molecular flexibility index (Phi) is 3.23. The minimum atomic E-state index is -1.08. The van der Waals surface area contributed by atoms with E-state index < -0.39 is 11.3 Å². The van der Waals surface area contributed by atoms with Gasteiger partial charge in [0.2, 0.25) is 11.9 Å². The van der Waals surface area contributed by atoms with Gasteiger partial charge in [-0.25, -0.2) is 9.97 Å². The third-order valence-electron chi connectivity index (χ3n) is 2.05. The van der Waals surface area contributed by atoms with Crippen molar-refractivity contribution in [3.63, 3.8) is 0 Å². The van der Waals surface area contributed by atoms with Crippen molar-refractivity contribution < 1.29 is 4.79 Å². The van der Waals surface area contributed by atoms with Crippen LogP contribution in [0.15, 0.2) is 6.07 Å². The van der Waals surface area contributed by atoms with Crippen molar-refractivity contribution in [3.8, 4) is 6.07 Å². The first kappa shape index (κ1) is 12.1. The highest BCUT2D eigenvalue weighted by atomic mass is 16.2. The van der Waals surface area contributed by atoms with E-state index in [-0.39, 0.29) is 5.95 Å². The molecule has 0 spiro atoms. The number of carbonyl (C=O) groups excluding carboxylic acids is 1. The highest BCUT2D eigenvalue weighted by Crippen LogP contribution is 2.15. The summed E-state index contributed by atoms with van der Waals surface area (Å²) in [5.41, 5.74) is 0.469. The third-order valence-corrected chi connectivity index (χ3v) is 2.05. The van der Waals surface area contributed by atoms with Crippen LogP contribution in [0.1, 0.15) is 25.2 Å². The van der Waals surface area contributed by atoms with Crippen molar-refractivity contribution in [2.75, 3.05) is 5.32 Å². The molecule has 84 valence electrons. The van der Waals surface area contributed by atoms with Gasteiger partial charge in [-0.2, -0.15) is 5.26 Å². The molecule has 0 aliphatic carbocycles. The van der Waals surface area contributed by atoms with Crippen molar-refractivity contribution >= 4 is 11.9 Å². The molecular formula is C11H14N4O. The number of aryl methyl sites for hydroxylation is 2. The van der Waals surface area contributed by atoms with Crippen molar-refractivity contribution in [2.24, 2.45) is 5.41 Å². The summed E-state index contributed by atoms with van der Waals surface area (Å²) in [7, 11) is 0. The molecule has 0 fully saturated rings. The maximum atomic E-state index is 11.7. The highest BCUT2D eigenvalue weighted by Gasteiger charge is 2.27. The fraction of sp³-hybridized carbons (Fsp3) is 0.455. The van der Waals surface area contributed by atoms with Crippen molar-refractivity contribution in [1.29, 1.82) is 5.26 Å². The van der Waals surface area contributed by atoms with Crippen LogP contribution >= 0.6 is 0 Å². The van der Waals surface area contributed by atoms with Gasteiger partial charge >= 0.3 is 0 Å². The van der Waals surface area contributed by atoms with Crippen LogP contribution in [-0.2, 0) is 4.79 Å². The number of hydrogen-bond donors (Lipinski definition) is 1. The summed E-state index contributed by atoms with van der Waals surface area (Å²) in [6.45, 7) is 6.73. The van der Waals surface area contributed by atoms with Crippen LogP contribution in [0.25, 0.3) is 0 Å². The molecule has 0 aromatic carbocycles. The summed E-state index contributed by atoms with van der Waals surface area (Å²) in [5.74, 6) is -0.161. The number of nitrogens with one attached hydrogen (secondary N) is 1. The molecule has 0 aliphatic rings. The molecule has 0 saturated carbocycles. The smallest absolute Gasteiger partial charge is 0.246 e. The average molecular weight is 218 g/mol. The van der Waals surface area contributed by atoms with E-state index in [0.29, 0.717) is 0 Å². The Bertz CT molecular complexity index is 439. The average Bonchev–Trinajstić information content (AvgIpc) is 2.15. The molecule has 16 heavy (non-hydrogen) atoms. The lowest BCUT2D eigenvalue weighted by molar-refractivity contribution is -0.121. The van der Waals surface area contributed by atoms with Crippen LogP contribution < -0.4 is 5.32 Å². The first-order valence-electron chi connectivity index (χ1n) is 4.90. The summed E-state index contributed by atoms with van der Waals surface area (Å²) in [6, 6.07) is 3.73. The SMILES string of the molecule is Cc1cc(C)nc(NC(=O)C(C)(C)C#N)n1. The second-order valence-corrected chi connectivity index (χ2v) is 4.17. The zero-order valence-corrected chi connectivity index (χ0v) is 9.83. The Labute approximate surface area is 94.5 Å². The standard InChI is InChI=1S/C11H14N4O/c1-7-5-8(2)14-10(13-7)15-9(16)11(3,4)6-12/h5H,1-4H3,(H,13,14,15,16). The maximum Gasteiger partial charge on any atom is 0.246 e. The summed E-state index contributed by atoms with van der Waals surface area (Å²) in [6.07, 6.45) is 0. The number of anilines is 1. The van der Waals surface area contributed by atoms with Gasteiger partial charge in [0.25, 0.3) is 0 Å². The summed E-state index contributed by atoms with van der Waals surface area (Å²) >= 11 is 0. The molecule has 0 radical (unpaired) electrons. The monoisotopic (exact) mass is 218 g/mol. The van der Waals surface area contributed by atoms with Crippen molar-refractivity contribution in [2.45, 2.75) is 27.7 Å². The van der Waals surface area contributed by atoms with Crippen LogP contribution in [0, 0.1) is 30.6 Å². The van der Waals surface area contributed by atoms with Gasteiger partial charge in [0, 0.05) is 11.4 Å². The first-order chi connectivity index (χ1) is 7.35. The molecule has 0 atom stereocenters. The Morgan fingerprint density at radius 3 is 2.31 bits per heavy atom. The maximum absolute atomic E-state index is 11.7. The van der Waals surface area contributed by atoms with Crippen LogP contribution in [0.4, 0.5) is 5.95 Å². The van der Waals surface area contributed by atoms with E-state index in [1.807, 2.05) is 26.0 Å². The fourth-order valence-corrected chi connectivity index (χ4v) is 1.09. The fourth-order valence-electron chi connectivity index (χ4n) is 1.09. The number of carbonyl (C=O) groups is 1. The first-order valence-corrected chi connectivity index (χ1v) is 4.90. The van der Waals surface area contributed by atoms with E-state index in [1.165, 1.54) is 0 Å². The number of aromatic nitrogens is 2. The minimum Gasteiger partial charge on any atom is -0.293 e. The molecule has 1 rings (SSSR count). The quantitative estimate of drug-likeness (QED) is 0.817. The zero-order chi connectivity index (χ0) is 12.3. The lowest BCUT2D eigenvalue weighted by Crippen LogP contribution is -2.30. The second kappa shape index (κ2) is 4.27. The normalized spacial score (nSPS) is 10.7. The Hall–Kier alpha value is -1.96. The van der Waals surface area contributed by atoms with Crippen molar-refractivity contribution in [1.82, 2.24) is 9.97 Å². The van der Waals surface area contributed by atoms with E-state index in [1.54, 1.807) is 13.8 Å². The number of rotatable bonds is 2. The van der Waals surface area contributed by atoms with Gasteiger partial charge in [-0.1, -0.05) is 0 Å². The Morgan fingerprint density at radius 2 is 1.88 bits per heavy atom. The highest BCUT2D eigenvalue weighted by molar-refractivity contribution is 5.95. The van der Waals surface area contributed by atoms with E-state index in [2.05, 4.69) is 15.3 Å². The molecule has 1 N–H and O–H groups in total. The number of nitriles is 1. The van der Waals surface area contributed by atoms with Crippen molar-refractivity contribution in [3.05, 3.63) is 17.5 Å². The molecular weight excluding hydrogens is 204 g/mol. The Morgan fingerprint density at radius 1 is 1.38 bits per heavy atom. The third kappa shape index (κ3) is 2.76. The summed E-state index contributed by atoms with van der Waals surface area (Å²) in [5, 5.41) is 11.3. The van der Waals surface area contributed by atoms with Gasteiger partial charge in [0.05, 0.1) is 6.07 Å². The Balaban J connectivity index is 2.90. The largest absolute Gasteiger partial charge is 0.293 e. The number of amides is 1. The van der Waals surface area contributed by atoms with E-state index in [4.69, 9.17) is 5.26 Å². The van der Waals surface area contributed by atoms with Gasteiger partial charge in [-0.05, 0) is 33.8 Å². The number of hydrogen-bond acceptors (Lipinski definition) is 4. The van der Waals surface area contributed by atoms with Crippen LogP contribution in [-0.4, -0.2) is 15.9 Å². The number of nitrogens with zero attached hydrogens (tertiary/aromatic N) is 3. The van der Waals surface area contributed by atoms with E-state index >= 15 is 0 Å². The van der Waals surface area contributed by atoms with Crippen LogP contribution in [0.5, 0.6) is 0 Å². The van der Waals surface area contributed by atoms with Crippen LogP contribution in [0.2, 0.25) is 0 Å². The summed E-state index contributed by atoms with van der Waals surface area (Å²) < 4.78 is 0. The minimum absolute atomic E-state index is 0.242. The molecule has 0 saturated heterocycles. The predicted octanol–water partition coefficient (Wildman–Crippen LogP) is 1.58. The summed E-state index contributed by atoms with van der Waals surface area (Å²) in [4.78, 5) is 19.8. The van der Waals surface area contributed by atoms with E-state index in [0.717, 1.165) is 11.4 Å². The van der Waals surface area contributed by atoms with Gasteiger partial charge in [0.15, 0.2) is 0 Å². The lowest BCUT2D eigenvalue weighted by atomic mass is 9.95. The molecule has 0 bridgehead atoms. The molecule has 0 aliphatic heterocycles. The molecule has 1 heterocycles. The van der Waals surface area contributed by atoms with Gasteiger partial charge < -0.3 is 0 Å². The van der Waals surface area contributed by atoms with Gasteiger partial charge in [-0.3, -0.25) is 10.1 Å². The van der Waals surface area contributed by atoms with Crippen LogP contribution in [0.3, 0.4) is 0 Å². The molecule has 5 nitrogen and oxygen atoms in total. The van der Waals surface area contributed by atoms with Gasteiger partial charge in [0.1, 0.15) is 5.41 Å². The van der Waals surface area contributed by atoms with Gasteiger partial charge in [-0.15, -0.1) is 0 Å².